The summed E-state index contributed by atoms with van der Waals surface area (Å²) in [6.07, 6.45) is 0.218. The van der Waals surface area contributed by atoms with Crippen molar-refractivity contribution in [3.63, 3.8) is 0 Å². The Bertz CT molecular complexity index is 678. The second kappa shape index (κ2) is 8.18. The Morgan fingerprint density at radius 2 is 2.08 bits per heavy atom. The lowest BCUT2D eigenvalue weighted by Gasteiger charge is -2.28. The van der Waals surface area contributed by atoms with Crippen molar-refractivity contribution in [3.05, 3.63) is 23.8 Å². The zero-order valence-electron chi connectivity index (χ0n) is 15.8. The van der Waals surface area contributed by atoms with Gasteiger partial charge in [0, 0.05) is 43.8 Å². The average molecular weight is 382 g/mol. The number of carbonyl (C=O) groups excluding carboxylic acids is 1. The fraction of sp³-hybridized carbons (Fsp3) is 0.556. The van der Waals surface area contributed by atoms with Crippen LogP contribution in [0.15, 0.2) is 18.2 Å². The van der Waals surface area contributed by atoms with Gasteiger partial charge < -0.3 is 14.6 Å². The Hall–Kier alpha value is -1.93. The summed E-state index contributed by atoms with van der Waals surface area (Å²) in [5, 5.41) is 8.86. The van der Waals surface area contributed by atoms with Crippen LogP contribution in [0.3, 0.4) is 0 Å². The van der Waals surface area contributed by atoms with Gasteiger partial charge in [0.2, 0.25) is 0 Å². The lowest BCUT2D eigenvalue weighted by Crippen LogP contribution is -2.34. The molecule has 0 unspecified atom stereocenters. The number of rotatable bonds is 7. The molecule has 0 aromatic heterocycles. The van der Waals surface area contributed by atoms with Crippen LogP contribution in [0.5, 0.6) is 11.5 Å². The number of amides is 1. The Morgan fingerprint density at radius 1 is 1.38 bits per heavy atom. The lowest BCUT2D eigenvalue weighted by atomic mass is 10.0. The minimum absolute atomic E-state index is 0.00316. The molecule has 0 atom stereocenters. The monoisotopic (exact) mass is 382 g/mol. The molecule has 1 aliphatic heterocycles. The SMILES string of the molecule is CC(C)N(CCC(=O)O)SN(C)C(=O)Oc1cccc2c1OC(C)(C)C2. The van der Waals surface area contributed by atoms with Gasteiger partial charge in [0.1, 0.15) is 5.60 Å². The van der Waals surface area contributed by atoms with Crippen LogP contribution in [0.25, 0.3) is 0 Å². The van der Waals surface area contributed by atoms with Crippen molar-refractivity contribution >= 4 is 24.2 Å². The van der Waals surface area contributed by atoms with Crippen molar-refractivity contribution in [2.45, 2.75) is 52.2 Å². The van der Waals surface area contributed by atoms with Crippen LogP contribution < -0.4 is 9.47 Å². The molecular weight excluding hydrogens is 356 g/mol. The summed E-state index contributed by atoms with van der Waals surface area (Å²) in [4.78, 5) is 23.2. The van der Waals surface area contributed by atoms with E-state index < -0.39 is 12.1 Å². The molecule has 1 aliphatic rings. The van der Waals surface area contributed by atoms with Gasteiger partial charge in [-0.3, -0.25) is 4.79 Å². The van der Waals surface area contributed by atoms with Crippen LogP contribution in [0.4, 0.5) is 4.79 Å². The topological polar surface area (TPSA) is 79.3 Å². The standard InChI is InChI=1S/C18H26N2O5S/c1-12(2)20(10-9-15(21)22)26-19(5)17(23)24-14-8-6-7-13-11-18(3,4)25-16(13)14/h6-8,12H,9-11H2,1-5H3,(H,21,22). The van der Waals surface area contributed by atoms with E-state index in [1.165, 1.54) is 4.31 Å². The van der Waals surface area contributed by atoms with Crippen LogP contribution in [-0.4, -0.2) is 51.0 Å². The molecule has 2 rings (SSSR count). The predicted molar refractivity (Wildman–Crippen MR) is 100 cm³/mol. The van der Waals surface area contributed by atoms with Crippen molar-refractivity contribution in [1.82, 2.24) is 8.61 Å². The highest BCUT2D eigenvalue weighted by Gasteiger charge is 2.33. The highest BCUT2D eigenvalue weighted by atomic mass is 32.2. The molecule has 144 valence electrons. The summed E-state index contributed by atoms with van der Waals surface area (Å²) in [7, 11) is 1.59. The van der Waals surface area contributed by atoms with E-state index in [2.05, 4.69) is 0 Å². The molecule has 1 N–H and O–H groups in total. The Labute approximate surface area is 158 Å². The number of hydrogen-bond donors (Lipinski definition) is 1. The number of carboxylic acids is 1. The normalized spacial score (nSPS) is 14.9. The molecule has 0 bridgehead atoms. The smallest absolute Gasteiger partial charge is 0.426 e. The van der Waals surface area contributed by atoms with Crippen molar-refractivity contribution < 1.29 is 24.2 Å². The Morgan fingerprint density at radius 3 is 2.69 bits per heavy atom. The first-order valence-electron chi connectivity index (χ1n) is 8.52. The number of carboxylic acid groups (broad SMARTS) is 1. The van der Waals surface area contributed by atoms with Gasteiger partial charge in [-0.15, -0.1) is 0 Å². The number of para-hydroxylation sites is 1. The number of nitrogens with zero attached hydrogens (tertiary/aromatic N) is 2. The molecule has 1 amide bonds. The number of benzene rings is 1. The van der Waals surface area contributed by atoms with E-state index in [-0.39, 0.29) is 18.1 Å². The first-order chi connectivity index (χ1) is 12.1. The molecule has 1 aromatic rings. The summed E-state index contributed by atoms with van der Waals surface area (Å²) in [6, 6.07) is 5.58. The Balaban J connectivity index is 2.02. The quantitative estimate of drug-likeness (QED) is 0.722. The number of carbonyl (C=O) groups is 2. The zero-order valence-corrected chi connectivity index (χ0v) is 16.6. The maximum absolute atomic E-state index is 12.5. The van der Waals surface area contributed by atoms with Crippen molar-refractivity contribution in [2.24, 2.45) is 0 Å². The fourth-order valence-corrected chi connectivity index (χ4v) is 3.40. The van der Waals surface area contributed by atoms with E-state index >= 15 is 0 Å². The molecule has 0 fully saturated rings. The largest absolute Gasteiger partial charge is 0.483 e. The maximum atomic E-state index is 12.5. The van der Waals surface area contributed by atoms with E-state index in [4.69, 9.17) is 14.6 Å². The molecular formula is C18H26N2O5S. The van der Waals surface area contributed by atoms with Crippen molar-refractivity contribution in [2.75, 3.05) is 13.6 Å². The molecule has 7 nitrogen and oxygen atoms in total. The third-order valence-electron chi connectivity index (χ3n) is 3.86. The van der Waals surface area contributed by atoms with Gasteiger partial charge in [0.15, 0.2) is 11.5 Å². The van der Waals surface area contributed by atoms with Crippen molar-refractivity contribution in [1.29, 1.82) is 0 Å². The zero-order chi connectivity index (χ0) is 19.5. The van der Waals surface area contributed by atoms with Crippen LogP contribution >= 0.6 is 12.1 Å². The Kier molecular flexibility index (Phi) is 6.41. The second-order valence-electron chi connectivity index (χ2n) is 7.11. The van der Waals surface area contributed by atoms with Gasteiger partial charge in [0.25, 0.3) is 0 Å². The first-order valence-corrected chi connectivity index (χ1v) is 9.25. The molecule has 1 heterocycles. The van der Waals surface area contributed by atoms with Gasteiger partial charge >= 0.3 is 12.1 Å². The third kappa shape index (κ3) is 5.28. The van der Waals surface area contributed by atoms with Gasteiger partial charge in [-0.25, -0.2) is 13.4 Å². The average Bonchev–Trinajstić information content (AvgIpc) is 2.85. The number of hydrogen-bond acceptors (Lipinski definition) is 6. The van der Waals surface area contributed by atoms with E-state index in [9.17, 15) is 9.59 Å². The number of ether oxygens (including phenoxy) is 2. The highest BCUT2D eigenvalue weighted by Crippen LogP contribution is 2.42. The molecule has 1 aromatic carbocycles. The molecule has 8 heteroatoms. The highest BCUT2D eigenvalue weighted by molar-refractivity contribution is 7.95. The van der Waals surface area contributed by atoms with E-state index in [1.807, 2.05) is 44.1 Å². The summed E-state index contributed by atoms with van der Waals surface area (Å²) < 4.78 is 14.6. The molecule has 0 saturated carbocycles. The second-order valence-corrected chi connectivity index (χ2v) is 8.29. The van der Waals surface area contributed by atoms with Crippen LogP contribution in [0.1, 0.15) is 39.7 Å². The maximum Gasteiger partial charge on any atom is 0.426 e. The summed E-state index contributed by atoms with van der Waals surface area (Å²) in [6.45, 7) is 8.18. The van der Waals surface area contributed by atoms with E-state index in [0.29, 0.717) is 18.0 Å². The first kappa shape index (κ1) is 20.4. The third-order valence-corrected chi connectivity index (χ3v) is 5.07. The van der Waals surface area contributed by atoms with E-state index in [0.717, 1.165) is 24.1 Å². The van der Waals surface area contributed by atoms with Crippen LogP contribution in [-0.2, 0) is 11.2 Å². The number of fused-ring (bicyclic) bond motifs is 1. The molecule has 26 heavy (non-hydrogen) atoms. The molecule has 0 radical (unpaired) electrons. The predicted octanol–water partition coefficient (Wildman–Crippen LogP) is 3.58. The lowest BCUT2D eigenvalue weighted by molar-refractivity contribution is -0.137. The van der Waals surface area contributed by atoms with Gasteiger partial charge in [0.05, 0.1) is 6.42 Å². The fourth-order valence-electron chi connectivity index (χ4n) is 2.62. The van der Waals surface area contributed by atoms with E-state index in [1.54, 1.807) is 13.1 Å². The summed E-state index contributed by atoms with van der Waals surface area (Å²) in [5.41, 5.74) is 0.692. The molecule has 0 spiro atoms. The van der Waals surface area contributed by atoms with Gasteiger partial charge in [-0.1, -0.05) is 12.1 Å². The van der Waals surface area contributed by atoms with Crippen LogP contribution in [0, 0.1) is 0 Å². The molecule has 0 aliphatic carbocycles. The van der Waals surface area contributed by atoms with Crippen LogP contribution in [0.2, 0.25) is 0 Å². The van der Waals surface area contributed by atoms with Crippen molar-refractivity contribution in [3.8, 4) is 11.5 Å². The molecule has 0 saturated heterocycles. The minimum Gasteiger partial charge on any atom is -0.483 e. The van der Waals surface area contributed by atoms with Gasteiger partial charge in [-0.05, 0) is 33.8 Å². The summed E-state index contributed by atoms with van der Waals surface area (Å²) in [5.74, 6) is 0.129. The minimum atomic E-state index is -0.874. The van der Waals surface area contributed by atoms with Gasteiger partial charge in [-0.2, -0.15) is 0 Å². The number of aliphatic carboxylic acids is 1. The summed E-state index contributed by atoms with van der Waals surface area (Å²) >= 11 is 1.14.